The molecule has 0 unspecified atom stereocenters. The highest BCUT2D eigenvalue weighted by atomic mass is 16.6. The van der Waals surface area contributed by atoms with Crippen LogP contribution in [0.1, 0.15) is 25.0 Å². The molecule has 0 radical (unpaired) electrons. The maximum absolute atomic E-state index is 5.68. The van der Waals surface area contributed by atoms with Crippen LogP contribution in [0.3, 0.4) is 0 Å². The lowest BCUT2D eigenvalue weighted by Gasteiger charge is -2.25. The molecule has 100 valence electrons. The molecule has 0 amide bonds. The fourth-order valence-corrected chi connectivity index (χ4v) is 1.78. The maximum atomic E-state index is 5.68. The first-order chi connectivity index (χ1) is 8.74. The van der Waals surface area contributed by atoms with E-state index in [0.29, 0.717) is 18.6 Å². The molecule has 1 fully saturated rings. The molecule has 0 aliphatic carbocycles. The summed E-state index contributed by atoms with van der Waals surface area (Å²) in [5.74, 6) is 0.697. The van der Waals surface area contributed by atoms with Crippen molar-refractivity contribution in [1.29, 1.82) is 0 Å². The minimum absolute atomic E-state index is 0.303. The average molecular weight is 249 g/mol. The largest absolute Gasteiger partial charge is 0.376 e. The van der Waals surface area contributed by atoms with E-state index in [2.05, 4.69) is 43.4 Å². The minimum atomic E-state index is 0.303. The molecule has 0 spiro atoms. The molecule has 1 heterocycles. The van der Waals surface area contributed by atoms with Gasteiger partial charge in [-0.1, -0.05) is 38.1 Å². The Labute approximate surface area is 109 Å². The number of nitrogens with one attached hydrogen (secondary N) is 1. The van der Waals surface area contributed by atoms with Crippen LogP contribution in [0.15, 0.2) is 24.3 Å². The molecule has 1 saturated heterocycles. The SMILES string of the molecule is CC(C)CNCc1ccc(COC2COC2)cc1. The molecule has 0 bridgehead atoms. The Morgan fingerprint density at radius 3 is 2.44 bits per heavy atom. The van der Waals surface area contributed by atoms with Gasteiger partial charge in [0, 0.05) is 6.54 Å². The molecule has 0 aromatic heterocycles. The lowest BCUT2D eigenvalue weighted by atomic mass is 10.1. The molecule has 1 aliphatic heterocycles. The number of rotatable bonds is 7. The van der Waals surface area contributed by atoms with Crippen LogP contribution >= 0.6 is 0 Å². The van der Waals surface area contributed by atoms with Gasteiger partial charge in [0.15, 0.2) is 0 Å². The van der Waals surface area contributed by atoms with Crippen LogP contribution in [0.4, 0.5) is 0 Å². The van der Waals surface area contributed by atoms with E-state index in [0.717, 1.165) is 26.3 Å². The first kappa shape index (κ1) is 13.5. The first-order valence-corrected chi connectivity index (χ1v) is 6.72. The van der Waals surface area contributed by atoms with Gasteiger partial charge in [0.05, 0.1) is 19.8 Å². The van der Waals surface area contributed by atoms with Crippen LogP contribution < -0.4 is 5.32 Å². The Hall–Kier alpha value is -0.900. The molecular formula is C15H23NO2. The molecular weight excluding hydrogens is 226 g/mol. The molecule has 2 rings (SSSR count). The fourth-order valence-electron chi connectivity index (χ4n) is 1.78. The molecule has 1 N–H and O–H groups in total. The second-order valence-corrected chi connectivity index (χ2v) is 5.31. The van der Waals surface area contributed by atoms with Gasteiger partial charge in [0.25, 0.3) is 0 Å². The highest BCUT2D eigenvalue weighted by Gasteiger charge is 2.18. The quantitative estimate of drug-likeness (QED) is 0.804. The lowest BCUT2D eigenvalue weighted by molar-refractivity contribution is -0.135. The third-order valence-corrected chi connectivity index (χ3v) is 3.00. The Morgan fingerprint density at radius 2 is 1.89 bits per heavy atom. The fraction of sp³-hybridized carbons (Fsp3) is 0.600. The standard InChI is InChI=1S/C15H23NO2/c1-12(2)7-16-8-13-3-5-14(6-4-13)9-18-15-10-17-11-15/h3-6,12,15-16H,7-11H2,1-2H3. The van der Waals surface area contributed by atoms with Crippen molar-refractivity contribution in [3.05, 3.63) is 35.4 Å². The molecule has 1 aromatic carbocycles. The predicted octanol–water partition coefficient (Wildman–Crippen LogP) is 2.35. The normalized spacial score (nSPS) is 15.9. The topological polar surface area (TPSA) is 30.5 Å². The summed E-state index contributed by atoms with van der Waals surface area (Å²) in [7, 11) is 0. The van der Waals surface area contributed by atoms with Gasteiger partial charge in [-0.2, -0.15) is 0 Å². The highest BCUT2D eigenvalue weighted by Crippen LogP contribution is 2.11. The Kier molecular flexibility index (Phi) is 5.17. The van der Waals surface area contributed by atoms with Gasteiger partial charge in [0.2, 0.25) is 0 Å². The van der Waals surface area contributed by atoms with Crippen molar-refractivity contribution >= 4 is 0 Å². The summed E-state index contributed by atoms with van der Waals surface area (Å²) in [6.45, 7) is 8.62. The molecule has 3 heteroatoms. The molecule has 3 nitrogen and oxygen atoms in total. The molecule has 1 aromatic rings. The van der Waals surface area contributed by atoms with E-state index in [1.807, 2.05) is 0 Å². The Balaban J connectivity index is 1.70. The summed E-state index contributed by atoms with van der Waals surface area (Å²) in [4.78, 5) is 0. The third kappa shape index (κ3) is 4.41. The van der Waals surface area contributed by atoms with Crippen LogP contribution in [0.5, 0.6) is 0 Å². The number of ether oxygens (including phenoxy) is 2. The summed E-state index contributed by atoms with van der Waals surface area (Å²) in [5, 5.41) is 3.44. The lowest BCUT2D eigenvalue weighted by Crippen LogP contribution is -2.35. The molecule has 0 saturated carbocycles. The van der Waals surface area contributed by atoms with Crippen molar-refractivity contribution in [2.75, 3.05) is 19.8 Å². The van der Waals surface area contributed by atoms with Crippen LogP contribution in [0.25, 0.3) is 0 Å². The summed E-state index contributed by atoms with van der Waals surface area (Å²) >= 11 is 0. The second-order valence-electron chi connectivity index (χ2n) is 5.31. The zero-order chi connectivity index (χ0) is 12.8. The van der Waals surface area contributed by atoms with E-state index < -0.39 is 0 Å². The summed E-state index contributed by atoms with van der Waals surface area (Å²) in [6, 6.07) is 8.63. The molecule has 18 heavy (non-hydrogen) atoms. The van der Waals surface area contributed by atoms with Crippen molar-refractivity contribution in [3.63, 3.8) is 0 Å². The zero-order valence-corrected chi connectivity index (χ0v) is 11.3. The van der Waals surface area contributed by atoms with E-state index in [4.69, 9.17) is 9.47 Å². The van der Waals surface area contributed by atoms with E-state index in [1.165, 1.54) is 11.1 Å². The van der Waals surface area contributed by atoms with E-state index in [-0.39, 0.29) is 0 Å². The predicted molar refractivity (Wildman–Crippen MR) is 72.4 cm³/mol. The summed E-state index contributed by atoms with van der Waals surface area (Å²) in [5.41, 5.74) is 2.56. The second kappa shape index (κ2) is 6.88. The van der Waals surface area contributed by atoms with Crippen LogP contribution in [0, 0.1) is 5.92 Å². The zero-order valence-electron chi connectivity index (χ0n) is 11.3. The summed E-state index contributed by atoms with van der Waals surface area (Å²) < 4.78 is 10.7. The number of benzene rings is 1. The third-order valence-electron chi connectivity index (χ3n) is 3.00. The van der Waals surface area contributed by atoms with Crippen LogP contribution in [-0.4, -0.2) is 25.9 Å². The average Bonchev–Trinajstić information content (AvgIpc) is 2.28. The van der Waals surface area contributed by atoms with Gasteiger partial charge in [-0.3, -0.25) is 0 Å². The van der Waals surface area contributed by atoms with Crippen LogP contribution in [-0.2, 0) is 22.6 Å². The summed E-state index contributed by atoms with van der Waals surface area (Å²) in [6.07, 6.45) is 0.303. The van der Waals surface area contributed by atoms with E-state index >= 15 is 0 Å². The van der Waals surface area contributed by atoms with Crippen LogP contribution in [0.2, 0.25) is 0 Å². The van der Waals surface area contributed by atoms with E-state index in [1.54, 1.807) is 0 Å². The van der Waals surface area contributed by atoms with Crippen molar-refractivity contribution in [2.45, 2.75) is 33.1 Å². The minimum Gasteiger partial charge on any atom is -0.376 e. The number of hydrogen-bond donors (Lipinski definition) is 1. The van der Waals surface area contributed by atoms with Crippen molar-refractivity contribution in [3.8, 4) is 0 Å². The first-order valence-electron chi connectivity index (χ1n) is 6.72. The molecule has 0 atom stereocenters. The molecule has 1 aliphatic rings. The van der Waals surface area contributed by atoms with Gasteiger partial charge in [0.1, 0.15) is 6.10 Å². The van der Waals surface area contributed by atoms with Gasteiger partial charge in [-0.25, -0.2) is 0 Å². The maximum Gasteiger partial charge on any atom is 0.105 e. The van der Waals surface area contributed by atoms with Crippen molar-refractivity contribution in [2.24, 2.45) is 5.92 Å². The van der Waals surface area contributed by atoms with Gasteiger partial charge in [-0.05, 0) is 23.6 Å². The van der Waals surface area contributed by atoms with Crippen molar-refractivity contribution in [1.82, 2.24) is 5.32 Å². The highest BCUT2D eigenvalue weighted by molar-refractivity contribution is 5.21. The number of hydrogen-bond acceptors (Lipinski definition) is 3. The smallest absolute Gasteiger partial charge is 0.105 e. The van der Waals surface area contributed by atoms with E-state index in [9.17, 15) is 0 Å². The monoisotopic (exact) mass is 249 g/mol. The van der Waals surface area contributed by atoms with Gasteiger partial charge in [-0.15, -0.1) is 0 Å². The Bertz CT molecular complexity index is 344. The van der Waals surface area contributed by atoms with Crippen molar-refractivity contribution < 1.29 is 9.47 Å². The van der Waals surface area contributed by atoms with Gasteiger partial charge < -0.3 is 14.8 Å². The Morgan fingerprint density at radius 1 is 1.22 bits per heavy atom. The van der Waals surface area contributed by atoms with Gasteiger partial charge >= 0.3 is 0 Å².